The van der Waals surface area contributed by atoms with Crippen molar-refractivity contribution in [2.45, 2.75) is 52.9 Å². The van der Waals surface area contributed by atoms with Gasteiger partial charge in [0.2, 0.25) is 0 Å². The summed E-state index contributed by atoms with van der Waals surface area (Å²) in [5, 5.41) is 0. The Morgan fingerprint density at radius 3 is 2.14 bits per heavy atom. The second-order valence-corrected chi connectivity index (χ2v) is 5.51. The molecule has 0 aliphatic rings. The molecule has 86 valence electrons. The molecule has 0 rings (SSSR count). The Morgan fingerprint density at radius 2 is 1.57 bits per heavy atom. The third-order valence-electron chi connectivity index (χ3n) is 2.19. The first-order valence-corrected chi connectivity index (χ1v) is 6.38. The highest BCUT2D eigenvalue weighted by atomic mass is 32.1. The van der Waals surface area contributed by atoms with Crippen LogP contribution in [0.2, 0.25) is 0 Å². The highest BCUT2D eigenvalue weighted by Crippen LogP contribution is 2.17. The predicted molar refractivity (Wildman–Crippen MR) is 67.2 cm³/mol. The summed E-state index contributed by atoms with van der Waals surface area (Å²) in [6.07, 6.45) is 6.19. The summed E-state index contributed by atoms with van der Waals surface area (Å²) >= 11 is 4.18. The lowest BCUT2D eigenvalue weighted by Crippen LogP contribution is -2.09. The predicted octanol–water partition coefficient (Wildman–Crippen LogP) is 3.93. The number of unbranched alkanes of at least 4 members (excludes halogenated alkanes) is 3. The average molecular weight is 218 g/mol. The van der Waals surface area contributed by atoms with Gasteiger partial charge in [0.15, 0.2) is 0 Å². The first-order chi connectivity index (χ1) is 6.56. The first kappa shape index (κ1) is 14.3. The molecule has 0 aromatic rings. The van der Waals surface area contributed by atoms with E-state index in [1.54, 1.807) is 0 Å². The zero-order chi connectivity index (χ0) is 10.9. The maximum atomic E-state index is 5.57. The summed E-state index contributed by atoms with van der Waals surface area (Å²) in [4.78, 5) is 0. The lowest BCUT2D eigenvalue weighted by Gasteiger charge is -2.17. The van der Waals surface area contributed by atoms with Crippen LogP contribution in [0.15, 0.2) is 0 Å². The van der Waals surface area contributed by atoms with E-state index in [9.17, 15) is 0 Å². The minimum Gasteiger partial charge on any atom is -0.381 e. The van der Waals surface area contributed by atoms with Crippen molar-refractivity contribution in [2.24, 2.45) is 5.41 Å². The largest absolute Gasteiger partial charge is 0.381 e. The molecule has 14 heavy (non-hydrogen) atoms. The molecular formula is C12H26OS. The zero-order valence-electron chi connectivity index (χ0n) is 10.0. The van der Waals surface area contributed by atoms with E-state index in [0.717, 1.165) is 25.4 Å². The second kappa shape index (κ2) is 8.60. The summed E-state index contributed by atoms with van der Waals surface area (Å²) < 4.78 is 5.57. The van der Waals surface area contributed by atoms with Gasteiger partial charge >= 0.3 is 0 Å². The molecule has 0 amide bonds. The number of thiol groups is 1. The van der Waals surface area contributed by atoms with Crippen LogP contribution in [0.25, 0.3) is 0 Å². The van der Waals surface area contributed by atoms with Crippen molar-refractivity contribution in [2.75, 3.05) is 19.0 Å². The molecule has 0 bridgehead atoms. The van der Waals surface area contributed by atoms with Crippen molar-refractivity contribution in [3.63, 3.8) is 0 Å². The van der Waals surface area contributed by atoms with Crippen LogP contribution < -0.4 is 0 Å². The highest BCUT2D eigenvalue weighted by Gasteiger charge is 2.08. The number of hydrogen-bond acceptors (Lipinski definition) is 2. The van der Waals surface area contributed by atoms with Crippen LogP contribution in [0, 0.1) is 5.41 Å². The number of hydrogen-bond donors (Lipinski definition) is 1. The van der Waals surface area contributed by atoms with Crippen molar-refractivity contribution in [1.29, 1.82) is 0 Å². The Kier molecular flexibility index (Phi) is 8.80. The van der Waals surface area contributed by atoms with E-state index in [1.165, 1.54) is 25.7 Å². The summed E-state index contributed by atoms with van der Waals surface area (Å²) in [5.74, 6) is 1.02. The van der Waals surface area contributed by atoms with E-state index in [0.29, 0.717) is 5.41 Å². The van der Waals surface area contributed by atoms with Gasteiger partial charge in [0.05, 0.1) is 0 Å². The van der Waals surface area contributed by atoms with Crippen LogP contribution in [0.5, 0.6) is 0 Å². The van der Waals surface area contributed by atoms with E-state index < -0.39 is 0 Å². The first-order valence-electron chi connectivity index (χ1n) is 5.75. The minimum atomic E-state index is 0.409. The summed E-state index contributed by atoms with van der Waals surface area (Å²) in [6.45, 7) is 8.61. The van der Waals surface area contributed by atoms with Crippen molar-refractivity contribution >= 4 is 12.6 Å². The van der Waals surface area contributed by atoms with Crippen molar-refractivity contribution in [3.05, 3.63) is 0 Å². The maximum absolute atomic E-state index is 5.57. The molecule has 2 heteroatoms. The summed E-state index contributed by atoms with van der Waals surface area (Å²) in [5.41, 5.74) is 0.409. The monoisotopic (exact) mass is 218 g/mol. The van der Waals surface area contributed by atoms with Crippen molar-refractivity contribution < 1.29 is 4.74 Å². The Balaban J connectivity index is 2.99. The second-order valence-electron chi connectivity index (χ2n) is 5.06. The molecule has 0 aliphatic carbocycles. The van der Waals surface area contributed by atoms with Gasteiger partial charge in [0.1, 0.15) is 0 Å². The third kappa shape index (κ3) is 12.3. The van der Waals surface area contributed by atoms with Crippen LogP contribution in [0.4, 0.5) is 0 Å². The fourth-order valence-corrected chi connectivity index (χ4v) is 1.37. The molecule has 0 aromatic carbocycles. The van der Waals surface area contributed by atoms with Gasteiger partial charge < -0.3 is 4.74 Å². The fraction of sp³-hybridized carbons (Fsp3) is 1.00. The summed E-state index contributed by atoms with van der Waals surface area (Å²) in [6, 6.07) is 0. The molecule has 0 spiro atoms. The van der Waals surface area contributed by atoms with Gasteiger partial charge in [-0.1, -0.05) is 33.6 Å². The molecule has 0 unspecified atom stereocenters. The topological polar surface area (TPSA) is 9.23 Å². The Labute approximate surface area is 95.0 Å². The smallest absolute Gasteiger partial charge is 0.0471 e. The van der Waals surface area contributed by atoms with Gasteiger partial charge in [-0.25, -0.2) is 0 Å². The van der Waals surface area contributed by atoms with Gasteiger partial charge in [-0.3, -0.25) is 0 Å². The van der Waals surface area contributed by atoms with Gasteiger partial charge in [-0.15, -0.1) is 0 Å². The van der Waals surface area contributed by atoms with Gasteiger partial charge in [0, 0.05) is 13.2 Å². The third-order valence-corrected chi connectivity index (χ3v) is 2.51. The van der Waals surface area contributed by atoms with Crippen LogP contribution in [0.3, 0.4) is 0 Å². The molecule has 0 aliphatic heterocycles. The van der Waals surface area contributed by atoms with Gasteiger partial charge in [-0.2, -0.15) is 12.6 Å². The normalized spacial score (nSPS) is 12.0. The lowest BCUT2D eigenvalue weighted by atomic mass is 9.93. The van der Waals surface area contributed by atoms with Crippen LogP contribution in [-0.4, -0.2) is 19.0 Å². The SMILES string of the molecule is CC(C)(C)CCOCCCCCCS. The molecule has 0 aromatic heterocycles. The highest BCUT2D eigenvalue weighted by molar-refractivity contribution is 7.80. The van der Waals surface area contributed by atoms with Crippen LogP contribution in [-0.2, 0) is 4.74 Å². The van der Waals surface area contributed by atoms with E-state index in [2.05, 4.69) is 33.4 Å². The fourth-order valence-electron chi connectivity index (χ4n) is 1.15. The zero-order valence-corrected chi connectivity index (χ0v) is 10.9. The molecule has 0 N–H and O–H groups in total. The van der Waals surface area contributed by atoms with E-state index in [-0.39, 0.29) is 0 Å². The minimum absolute atomic E-state index is 0.409. The average Bonchev–Trinajstić information content (AvgIpc) is 2.08. The molecule has 0 saturated heterocycles. The Morgan fingerprint density at radius 1 is 0.929 bits per heavy atom. The molecule has 0 fully saturated rings. The quantitative estimate of drug-likeness (QED) is 0.480. The summed E-state index contributed by atoms with van der Waals surface area (Å²) in [7, 11) is 0. The molecular weight excluding hydrogens is 192 g/mol. The maximum Gasteiger partial charge on any atom is 0.0471 e. The Hall–Kier alpha value is 0.310. The van der Waals surface area contributed by atoms with Gasteiger partial charge in [0.25, 0.3) is 0 Å². The molecule has 0 saturated carbocycles. The number of rotatable bonds is 8. The molecule has 0 radical (unpaired) electrons. The van der Waals surface area contributed by atoms with E-state index >= 15 is 0 Å². The lowest BCUT2D eigenvalue weighted by molar-refractivity contribution is 0.105. The molecule has 0 heterocycles. The van der Waals surface area contributed by atoms with E-state index in [4.69, 9.17) is 4.74 Å². The van der Waals surface area contributed by atoms with Gasteiger partial charge in [-0.05, 0) is 30.4 Å². The molecule has 1 nitrogen and oxygen atoms in total. The van der Waals surface area contributed by atoms with Crippen LogP contribution in [0.1, 0.15) is 52.9 Å². The van der Waals surface area contributed by atoms with Crippen molar-refractivity contribution in [3.8, 4) is 0 Å². The number of ether oxygens (including phenoxy) is 1. The standard InChI is InChI=1S/C12H26OS/c1-12(2,3)8-10-13-9-6-4-5-7-11-14/h14H,4-11H2,1-3H3. The van der Waals surface area contributed by atoms with Crippen molar-refractivity contribution in [1.82, 2.24) is 0 Å². The Bertz CT molecular complexity index is 118. The van der Waals surface area contributed by atoms with E-state index in [1.807, 2.05) is 0 Å². The van der Waals surface area contributed by atoms with Crippen LogP contribution >= 0.6 is 12.6 Å². The molecule has 0 atom stereocenters.